The van der Waals surface area contributed by atoms with Crippen LogP contribution in [0.25, 0.3) is 11.3 Å². The Morgan fingerprint density at radius 1 is 1.27 bits per heavy atom. The van der Waals surface area contributed by atoms with Gasteiger partial charge in [-0.2, -0.15) is 10.2 Å². The average Bonchev–Trinajstić information content (AvgIpc) is 3.35. The fraction of sp³-hybridized carbons (Fsp3) is 0.417. The van der Waals surface area contributed by atoms with E-state index < -0.39 is 0 Å². The zero-order valence-corrected chi connectivity index (χ0v) is 19.9. The summed E-state index contributed by atoms with van der Waals surface area (Å²) in [4.78, 5) is 17.6. The molecule has 2 aromatic heterocycles. The Bertz CT molecular complexity index is 1120. The standard InChI is InChI=1S/C24H31FN6O2/c1-15(14-33-6)11-21(27-23(32)19-13-20(24(2,3)4)30-31(19)5)26-22-12-18(28-29-22)16-7-9-17(25)10-8-16/h7-10,12-13,15H,11,14H2,1-6H3,(H2,26,27,28,29,32)/t15-/m1/s1. The van der Waals surface area contributed by atoms with Crippen molar-refractivity contribution >= 4 is 17.6 Å². The highest BCUT2D eigenvalue weighted by atomic mass is 19.1. The molecular weight excluding hydrogens is 423 g/mol. The van der Waals surface area contributed by atoms with E-state index in [0.717, 1.165) is 11.3 Å². The van der Waals surface area contributed by atoms with Crippen molar-refractivity contribution in [2.45, 2.75) is 39.5 Å². The second-order valence-corrected chi connectivity index (χ2v) is 9.21. The molecule has 1 atom stereocenters. The first-order valence-electron chi connectivity index (χ1n) is 10.8. The number of aliphatic imine (C=N–C) groups is 1. The SMILES string of the molecule is COC[C@H](C)CC(=Nc1cc(-c2ccc(F)cc2)[nH]n1)NC(=O)c1cc(C(C)(C)C)nn1C. The molecule has 176 valence electrons. The van der Waals surface area contributed by atoms with Crippen molar-refractivity contribution in [3.8, 4) is 11.3 Å². The third-order valence-corrected chi connectivity index (χ3v) is 5.10. The zero-order chi connectivity index (χ0) is 24.2. The first-order valence-corrected chi connectivity index (χ1v) is 10.8. The minimum atomic E-state index is -0.307. The number of amidine groups is 1. The highest BCUT2D eigenvalue weighted by Crippen LogP contribution is 2.23. The molecule has 3 aromatic rings. The molecule has 9 heteroatoms. The van der Waals surface area contributed by atoms with Crippen molar-refractivity contribution in [1.82, 2.24) is 25.3 Å². The fourth-order valence-corrected chi connectivity index (χ4v) is 3.32. The van der Waals surface area contributed by atoms with Crippen molar-refractivity contribution in [3.63, 3.8) is 0 Å². The van der Waals surface area contributed by atoms with E-state index in [2.05, 4.69) is 25.6 Å². The molecule has 0 saturated heterocycles. The Labute approximate surface area is 193 Å². The molecule has 0 spiro atoms. The number of nitrogens with zero attached hydrogens (tertiary/aromatic N) is 4. The molecule has 0 saturated carbocycles. The van der Waals surface area contributed by atoms with Crippen LogP contribution >= 0.6 is 0 Å². The summed E-state index contributed by atoms with van der Waals surface area (Å²) in [5.74, 6) is 0.410. The van der Waals surface area contributed by atoms with Crippen LogP contribution in [-0.2, 0) is 17.2 Å². The predicted molar refractivity (Wildman–Crippen MR) is 126 cm³/mol. The Morgan fingerprint density at radius 2 is 1.97 bits per heavy atom. The number of hydrogen-bond donors (Lipinski definition) is 2. The van der Waals surface area contributed by atoms with E-state index >= 15 is 0 Å². The molecule has 2 N–H and O–H groups in total. The first-order chi connectivity index (χ1) is 15.6. The normalized spacial score (nSPS) is 13.2. The molecule has 0 bridgehead atoms. The molecule has 0 unspecified atom stereocenters. The number of aryl methyl sites for hydroxylation is 1. The number of H-pyrrole nitrogens is 1. The number of aromatic amines is 1. The highest BCUT2D eigenvalue weighted by molar-refractivity contribution is 6.06. The van der Waals surface area contributed by atoms with Crippen molar-refractivity contribution in [3.05, 3.63) is 53.6 Å². The van der Waals surface area contributed by atoms with Gasteiger partial charge in [-0.15, -0.1) is 0 Å². The average molecular weight is 455 g/mol. The number of nitrogens with one attached hydrogen (secondary N) is 2. The number of hydrogen-bond acceptors (Lipinski definition) is 5. The number of benzene rings is 1. The number of aromatic nitrogens is 4. The van der Waals surface area contributed by atoms with Crippen molar-refractivity contribution in [2.24, 2.45) is 18.0 Å². The number of halogens is 1. The van der Waals surface area contributed by atoms with E-state index in [1.165, 1.54) is 12.1 Å². The van der Waals surface area contributed by atoms with E-state index in [-0.39, 0.29) is 23.1 Å². The van der Waals surface area contributed by atoms with Gasteiger partial charge in [0.15, 0.2) is 5.82 Å². The second-order valence-electron chi connectivity index (χ2n) is 9.21. The molecule has 8 nitrogen and oxygen atoms in total. The van der Waals surface area contributed by atoms with Crippen LogP contribution in [0, 0.1) is 11.7 Å². The Kier molecular flexibility index (Phi) is 7.43. The largest absolute Gasteiger partial charge is 0.384 e. The maximum Gasteiger partial charge on any atom is 0.274 e. The van der Waals surface area contributed by atoms with Crippen molar-refractivity contribution in [1.29, 1.82) is 0 Å². The van der Waals surface area contributed by atoms with E-state index in [4.69, 9.17) is 4.74 Å². The van der Waals surface area contributed by atoms with Crippen LogP contribution in [0.15, 0.2) is 41.4 Å². The van der Waals surface area contributed by atoms with E-state index in [0.29, 0.717) is 36.1 Å². The maximum atomic E-state index is 13.2. The highest BCUT2D eigenvalue weighted by Gasteiger charge is 2.23. The van der Waals surface area contributed by atoms with Gasteiger partial charge in [0.2, 0.25) is 0 Å². The van der Waals surface area contributed by atoms with Crippen LogP contribution in [0.1, 0.15) is 50.3 Å². The third-order valence-electron chi connectivity index (χ3n) is 5.10. The predicted octanol–water partition coefficient (Wildman–Crippen LogP) is 4.38. The molecule has 1 amide bonds. The lowest BCUT2D eigenvalue weighted by Crippen LogP contribution is -2.33. The molecule has 0 radical (unpaired) electrons. The van der Waals surface area contributed by atoms with Crippen LogP contribution in [0.5, 0.6) is 0 Å². The summed E-state index contributed by atoms with van der Waals surface area (Å²) in [6.07, 6.45) is 0.488. The zero-order valence-electron chi connectivity index (χ0n) is 19.9. The summed E-state index contributed by atoms with van der Waals surface area (Å²) < 4.78 is 20.0. The van der Waals surface area contributed by atoms with E-state index in [1.54, 1.807) is 43.1 Å². The summed E-state index contributed by atoms with van der Waals surface area (Å²) >= 11 is 0. The molecular formula is C24H31FN6O2. The molecule has 3 rings (SSSR count). The number of amides is 1. The topological polar surface area (TPSA) is 97.2 Å². The summed E-state index contributed by atoms with van der Waals surface area (Å²) in [7, 11) is 3.38. The first kappa shape index (κ1) is 24.3. The van der Waals surface area contributed by atoms with E-state index in [9.17, 15) is 9.18 Å². The molecule has 0 aliphatic carbocycles. The Morgan fingerprint density at radius 3 is 2.58 bits per heavy atom. The van der Waals surface area contributed by atoms with Crippen LogP contribution in [0.3, 0.4) is 0 Å². The number of carbonyl (C=O) groups is 1. The lowest BCUT2D eigenvalue weighted by molar-refractivity contribution is 0.0966. The van der Waals surface area contributed by atoms with Gasteiger partial charge in [-0.25, -0.2) is 9.38 Å². The van der Waals surface area contributed by atoms with Crippen molar-refractivity contribution < 1.29 is 13.9 Å². The van der Waals surface area contributed by atoms with Crippen LogP contribution in [-0.4, -0.2) is 45.4 Å². The van der Waals surface area contributed by atoms with Gasteiger partial charge in [-0.05, 0) is 41.8 Å². The van der Waals surface area contributed by atoms with Gasteiger partial charge in [0.1, 0.15) is 17.3 Å². The fourth-order valence-electron chi connectivity index (χ4n) is 3.32. The Balaban J connectivity index is 1.86. The molecule has 2 heterocycles. The quantitative estimate of drug-likeness (QED) is 0.409. The summed E-state index contributed by atoms with van der Waals surface area (Å²) in [6, 6.07) is 9.65. The van der Waals surface area contributed by atoms with E-state index in [1.807, 2.05) is 27.7 Å². The molecule has 0 fully saturated rings. The van der Waals surface area contributed by atoms with Gasteiger partial charge in [0.05, 0.1) is 11.4 Å². The Hall–Kier alpha value is -3.33. The molecule has 33 heavy (non-hydrogen) atoms. The summed E-state index contributed by atoms with van der Waals surface area (Å²) in [6.45, 7) is 8.68. The second kappa shape index (κ2) is 10.1. The lowest BCUT2D eigenvalue weighted by Gasteiger charge is -2.14. The smallest absolute Gasteiger partial charge is 0.274 e. The number of rotatable bonds is 7. The van der Waals surface area contributed by atoms with Gasteiger partial charge in [-0.3, -0.25) is 14.6 Å². The molecule has 0 aliphatic heterocycles. The van der Waals surface area contributed by atoms with Gasteiger partial charge in [0, 0.05) is 38.7 Å². The maximum absolute atomic E-state index is 13.2. The number of methoxy groups -OCH3 is 1. The van der Waals surface area contributed by atoms with Crippen LogP contribution < -0.4 is 5.32 Å². The lowest BCUT2D eigenvalue weighted by atomic mass is 9.92. The van der Waals surface area contributed by atoms with Crippen LogP contribution in [0.4, 0.5) is 10.2 Å². The third kappa shape index (κ3) is 6.35. The summed E-state index contributed by atoms with van der Waals surface area (Å²) in [5, 5.41) is 14.5. The number of carbonyl (C=O) groups excluding carboxylic acids is 1. The van der Waals surface area contributed by atoms with Gasteiger partial charge < -0.3 is 10.1 Å². The monoisotopic (exact) mass is 454 g/mol. The van der Waals surface area contributed by atoms with Gasteiger partial charge in [0.25, 0.3) is 5.91 Å². The summed E-state index contributed by atoms with van der Waals surface area (Å²) in [5.41, 5.74) is 2.59. The molecule has 0 aliphatic rings. The minimum Gasteiger partial charge on any atom is -0.384 e. The van der Waals surface area contributed by atoms with Crippen LogP contribution in [0.2, 0.25) is 0 Å². The molecule has 1 aromatic carbocycles. The minimum absolute atomic E-state index is 0.126. The van der Waals surface area contributed by atoms with Crippen molar-refractivity contribution in [2.75, 3.05) is 13.7 Å². The van der Waals surface area contributed by atoms with Gasteiger partial charge >= 0.3 is 0 Å². The number of ether oxygens (including phenoxy) is 1. The van der Waals surface area contributed by atoms with Gasteiger partial charge in [-0.1, -0.05) is 27.7 Å².